The lowest BCUT2D eigenvalue weighted by Gasteiger charge is -2.16. The maximum Gasteiger partial charge on any atom is 0.344 e. The Hall–Kier alpha value is -2.48. The molecule has 24 heavy (non-hydrogen) atoms. The van der Waals surface area contributed by atoms with E-state index in [4.69, 9.17) is 14.6 Å². The zero-order valence-corrected chi connectivity index (χ0v) is 14.0. The fourth-order valence-corrected chi connectivity index (χ4v) is 2.70. The molecule has 1 aliphatic heterocycles. The first kappa shape index (κ1) is 17.9. The molecule has 2 rings (SSSR count). The fraction of sp³-hybridized carbons (Fsp3) is 0.312. The number of benzene rings is 1. The van der Waals surface area contributed by atoms with Crippen LogP contribution in [0.3, 0.4) is 0 Å². The third-order valence-corrected chi connectivity index (χ3v) is 3.93. The molecule has 1 aromatic carbocycles. The Balaban J connectivity index is 2.29. The molecule has 1 fully saturated rings. The maximum atomic E-state index is 11.6. The summed E-state index contributed by atoms with van der Waals surface area (Å²) < 4.78 is 11.0. The van der Waals surface area contributed by atoms with E-state index < -0.39 is 23.2 Å². The van der Waals surface area contributed by atoms with E-state index >= 15 is 0 Å². The lowest BCUT2D eigenvalue weighted by atomic mass is 10.1. The standard InChI is InChI=1S/C16H17NO6S/c1-3-10(15(19)20)23-11-6-5-9(7-12(11)22-4-2)8-13-14(18)17-16(21)24-13/h5-8,10H,3-4H2,1-2H3,(H,19,20)(H,17,18,21)/b13-8+. The van der Waals surface area contributed by atoms with Crippen molar-refractivity contribution in [3.05, 3.63) is 28.7 Å². The van der Waals surface area contributed by atoms with Crippen LogP contribution < -0.4 is 14.8 Å². The molecule has 128 valence electrons. The second kappa shape index (κ2) is 7.87. The summed E-state index contributed by atoms with van der Waals surface area (Å²) in [7, 11) is 0. The highest BCUT2D eigenvalue weighted by Gasteiger charge is 2.25. The normalized spacial score (nSPS) is 16.8. The van der Waals surface area contributed by atoms with Gasteiger partial charge in [0.2, 0.25) is 0 Å². The van der Waals surface area contributed by atoms with Gasteiger partial charge < -0.3 is 14.6 Å². The summed E-state index contributed by atoms with van der Waals surface area (Å²) in [6.45, 7) is 3.88. The minimum absolute atomic E-state index is 0.285. The van der Waals surface area contributed by atoms with Crippen molar-refractivity contribution in [3.8, 4) is 11.5 Å². The minimum Gasteiger partial charge on any atom is -0.490 e. The summed E-state index contributed by atoms with van der Waals surface area (Å²) in [6.07, 6.45) is 0.902. The van der Waals surface area contributed by atoms with Gasteiger partial charge in [-0.05, 0) is 48.9 Å². The summed E-state index contributed by atoms with van der Waals surface area (Å²) >= 11 is 0.822. The number of hydrogen-bond donors (Lipinski definition) is 2. The monoisotopic (exact) mass is 351 g/mol. The van der Waals surface area contributed by atoms with Gasteiger partial charge in [0.15, 0.2) is 17.6 Å². The van der Waals surface area contributed by atoms with Crippen molar-refractivity contribution < 1.29 is 29.0 Å². The number of carbonyl (C=O) groups excluding carboxylic acids is 2. The second-order valence-electron chi connectivity index (χ2n) is 4.84. The third-order valence-electron chi connectivity index (χ3n) is 3.12. The number of ether oxygens (including phenoxy) is 2. The first-order valence-corrected chi connectivity index (χ1v) is 8.17. The van der Waals surface area contributed by atoms with Crippen molar-refractivity contribution in [2.75, 3.05) is 6.61 Å². The number of hydrogen-bond acceptors (Lipinski definition) is 6. The molecule has 2 amide bonds. The molecule has 0 aliphatic carbocycles. The predicted octanol–water partition coefficient (Wildman–Crippen LogP) is 2.65. The Morgan fingerprint density at radius 2 is 2.08 bits per heavy atom. The van der Waals surface area contributed by atoms with Crippen molar-refractivity contribution in [2.24, 2.45) is 0 Å². The van der Waals surface area contributed by atoms with Crippen LogP contribution in [0.4, 0.5) is 4.79 Å². The van der Waals surface area contributed by atoms with Crippen molar-refractivity contribution in [1.29, 1.82) is 0 Å². The first-order valence-electron chi connectivity index (χ1n) is 7.35. The Kier molecular flexibility index (Phi) is 5.86. The van der Waals surface area contributed by atoms with Gasteiger partial charge in [-0.1, -0.05) is 13.0 Å². The molecule has 1 unspecified atom stereocenters. The van der Waals surface area contributed by atoms with Gasteiger partial charge in [0, 0.05) is 0 Å². The van der Waals surface area contributed by atoms with Crippen LogP contribution in [0.15, 0.2) is 23.1 Å². The molecule has 0 aromatic heterocycles. The van der Waals surface area contributed by atoms with Gasteiger partial charge in [0.1, 0.15) is 0 Å². The second-order valence-corrected chi connectivity index (χ2v) is 5.86. The Morgan fingerprint density at radius 1 is 1.33 bits per heavy atom. The number of nitrogens with one attached hydrogen (secondary N) is 1. The van der Waals surface area contributed by atoms with E-state index in [0.29, 0.717) is 30.1 Å². The lowest BCUT2D eigenvalue weighted by Crippen LogP contribution is -2.26. The van der Waals surface area contributed by atoms with Crippen LogP contribution in [0.5, 0.6) is 11.5 Å². The smallest absolute Gasteiger partial charge is 0.344 e. The molecule has 1 heterocycles. The van der Waals surface area contributed by atoms with Crippen molar-refractivity contribution in [1.82, 2.24) is 5.32 Å². The number of amides is 2. The third kappa shape index (κ3) is 4.29. The zero-order valence-electron chi connectivity index (χ0n) is 13.2. The maximum absolute atomic E-state index is 11.6. The van der Waals surface area contributed by atoms with E-state index in [2.05, 4.69) is 5.32 Å². The number of carboxylic acid groups (broad SMARTS) is 1. The number of carboxylic acids is 1. The van der Waals surface area contributed by atoms with Crippen LogP contribution in [0, 0.1) is 0 Å². The van der Waals surface area contributed by atoms with Crippen molar-refractivity contribution in [3.63, 3.8) is 0 Å². The van der Waals surface area contributed by atoms with Gasteiger partial charge in [0.05, 0.1) is 11.5 Å². The van der Waals surface area contributed by atoms with E-state index in [1.807, 2.05) is 0 Å². The van der Waals surface area contributed by atoms with Gasteiger partial charge in [-0.3, -0.25) is 14.9 Å². The number of aliphatic carboxylic acids is 1. The van der Waals surface area contributed by atoms with Gasteiger partial charge in [-0.2, -0.15) is 0 Å². The molecule has 0 spiro atoms. The minimum atomic E-state index is -1.05. The Morgan fingerprint density at radius 3 is 2.62 bits per heavy atom. The summed E-state index contributed by atoms with van der Waals surface area (Å²) in [5, 5.41) is 10.9. The van der Waals surface area contributed by atoms with Crippen molar-refractivity contribution in [2.45, 2.75) is 26.4 Å². The molecule has 2 N–H and O–H groups in total. The molecule has 1 aliphatic rings. The summed E-state index contributed by atoms with van der Waals surface area (Å²) in [6, 6.07) is 4.88. The van der Waals surface area contributed by atoms with Crippen LogP contribution in [-0.2, 0) is 9.59 Å². The number of rotatable bonds is 7. The molecule has 7 nitrogen and oxygen atoms in total. The van der Waals surface area contributed by atoms with Crippen LogP contribution in [0.1, 0.15) is 25.8 Å². The summed E-state index contributed by atoms with van der Waals surface area (Å²) in [5.74, 6) is -0.807. The van der Waals surface area contributed by atoms with E-state index in [-0.39, 0.29) is 4.91 Å². The average molecular weight is 351 g/mol. The summed E-state index contributed by atoms with van der Waals surface area (Å²) in [4.78, 5) is 34.2. The van der Waals surface area contributed by atoms with Crippen LogP contribution in [0.25, 0.3) is 6.08 Å². The molecule has 1 saturated heterocycles. The highest BCUT2D eigenvalue weighted by molar-refractivity contribution is 8.18. The SMILES string of the molecule is CCOc1cc(/C=C2/SC(=O)NC2=O)ccc1OC(CC)C(=O)O. The molecule has 0 radical (unpaired) electrons. The molecular weight excluding hydrogens is 334 g/mol. The molecule has 8 heteroatoms. The highest BCUT2D eigenvalue weighted by Crippen LogP contribution is 2.32. The van der Waals surface area contributed by atoms with E-state index in [0.717, 1.165) is 11.8 Å². The van der Waals surface area contributed by atoms with E-state index in [9.17, 15) is 14.4 Å². The first-order chi connectivity index (χ1) is 11.4. The van der Waals surface area contributed by atoms with Gasteiger partial charge in [-0.25, -0.2) is 4.79 Å². The molecule has 0 saturated carbocycles. The van der Waals surface area contributed by atoms with E-state index in [1.54, 1.807) is 38.1 Å². The largest absolute Gasteiger partial charge is 0.490 e. The molecule has 1 atom stereocenters. The fourth-order valence-electron chi connectivity index (χ4n) is 2.01. The highest BCUT2D eigenvalue weighted by atomic mass is 32.2. The average Bonchev–Trinajstić information content (AvgIpc) is 2.84. The quantitative estimate of drug-likeness (QED) is 0.728. The zero-order chi connectivity index (χ0) is 17.7. The van der Waals surface area contributed by atoms with E-state index in [1.165, 1.54) is 0 Å². The van der Waals surface area contributed by atoms with Gasteiger partial charge in [0.25, 0.3) is 11.1 Å². The van der Waals surface area contributed by atoms with Crippen LogP contribution in [0.2, 0.25) is 0 Å². The van der Waals surface area contributed by atoms with Crippen LogP contribution >= 0.6 is 11.8 Å². The van der Waals surface area contributed by atoms with Gasteiger partial charge >= 0.3 is 5.97 Å². The molecule has 1 aromatic rings. The Bertz CT molecular complexity index is 700. The van der Waals surface area contributed by atoms with Crippen molar-refractivity contribution >= 4 is 35.0 Å². The molecule has 0 bridgehead atoms. The molecular formula is C16H17NO6S. The van der Waals surface area contributed by atoms with Gasteiger partial charge in [-0.15, -0.1) is 0 Å². The topological polar surface area (TPSA) is 102 Å². The Labute approximate surface area is 143 Å². The number of thioether (sulfide) groups is 1. The number of imide groups is 1. The predicted molar refractivity (Wildman–Crippen MR) is 89.1 cm³/mol. The lowest BCUT2D eigenvalue weighted by molar-refractivity contribution is -0.145. The summed E-state index contributed by atoms with van der Waals surface area (Å²) in [5.41, 5.74) is 0.640. The van der Waals surface area contributed by atoms with Crippen LogP contribution in [-0.4, -0.2) is 34.9 Å². The number of carbonyl (C=O) groups is 3.